The molecule has 1 aliphatic carbocycles. The summed E-state index contributed by atoms with van der Waals surface area (Å²) < 4.78 is 6.06. The maximum Gasteiger partial charge on any atom is 0.136 e. The summed E-state index contributed by atoms with van der Waals surface area (Å²) in [6.07, 6.45) is 3.97. The van der Waals surface area contributed by atoms with Gasteiger partial charge in [0.05, 0.1) is 11.2 Å². The number of ketones is 1. The van der Waals surface area contributed by atoms with Gasteiger partial charge in [-0.05, 0) is 52.9 Å². The summed E-state index contributed by atoms with van der Waals surface area (Å²) in [4.78, 5) is 11.8. The molecule has 1 aliphatic heterocycles. The number of Topliss-reactive ketones (excluding diaryl/α,β-unsaturated/α-hetero) is 1. The standard InChI is InChI=1S/C13H22O2/c1-12(2)8-10(13(3,4)15-12)9-6-5-7-11(9)14/h9-10H,5-8H2,1-4H3. The maximum atomic E-state index is 11.8. The molecular weight excluding hydrogens is 188 g/mol. The quantitative estimate of drug-likeness (QED) is 0.665. The van der Waals surface area contributed by atoms with Gasteiger partial charge in [-0.2, -0.15) is 0 Å². The molecule has 0 spiro atoms. The number of hydrogen-bond acceptors (Lipinski definition) is 2. The Morgan fingerprint density at radius 1 is 1.27 bits per heavy atom. The van der Waals surface area contributed by atoms with Gasteiger partial charge in [-0.1, -0.05) is 0 Å². The van der Waals surface area contributed by atoms with Gasteiger partial charge >= 0.3 is 0 Å². The van der Waals surface area contributed by atoms with E-state index in [0.717, 1.165) is 25.7 Å². The lowest BCUT2D eigenvalue weighted by Gasteiger charge is -2.30. The van der Waals surface area contributed by atoms with Crippen LogP contribution in [-0.4, -0.2) is 17.0 Å². The van der Waals surface area contributed by atoms with Crippen LogP contribution in [0.1, 0.15) is 53.4 Å². The van der Waals surface area contributed by atoms with E-state index in [0.29, 0.717) is 11.7 Å². The first-order valence-corrected chi connectivity index (χ1v) is 6.05. The number of carbonyl (C=O) groups excluding carboxylic acids is 1. The van der Waals surface area contributed by atoms with E-state index in [4.69, 9.17) is 4.74 Å². The van der Waals surface area contributed by atoms with E-state index >= 15 is 0 Å². The summed E-state index contributed by atoms with van der Waals surface area (Å²) in [7, 11) is 0. The Kier molecular flexibility index (Phi) is 2.45. The third-order valence-corrected chi connectivity index (χ3v) is 3.98. The summed E-state index contributed by atoms with van der Waals surface area (Å²) in [5, 5.41) is 0. The molecule has 86 valence electrons. The zero-order valence-electron chi connectivity index (χ0n) is 10.3. The number of rotatable bonds is 1. The average molecular weight is 210 g/mol. The lowest BCUT2D eigenvalue weighted by Crippen LogP contribution is -2.34. The first-order chi connectivity index (χ1) is 6.82. The van der Waals surface area contributed by atoms with Crippen molar-refractivity contribution in [1.82, 2.24) is 0 Å². The van der Waals surface area contributed by atoms with E-state index in [9.17, 15) is 4.79 Å². The minimum absolute atomic E-state index is 0.0585. The topological polar surface area (TPSA) is 26.3 Å². The summed E-state index contributed by atoms with van der Waals surface area (Å²) in [6.45, 7) is 8.54. The van der Waals surface area contributed by atoms with E-state index in [1.54, 1.807) is 0 Å². The second-order valence-electron chi connectivity index (χ2n) is 6.24. The summed E-state index contributed by atoms with van der Waals surface area (Å²) in [6, 6.07) is 0. The monoisotopic (exact) mass is 210 g/mol. The molecule has 2 nitrogen and oxygen atoms in total. The minimum atomic E-state index is -0.131. The molecule has 0 aromatic carbocycles. The van der Waals surface area contributed by atoms with Crippen molar-refractivity contribution in [2.45, 2.75) is 64.6 Å². The molecule has 2 atom stereocenters. The second-order valence-corrected chi connectivity index (χ2v) is 6.24. The Hall–Kier alpha value is -0.370. The third-order valence-electron chi connectivity index (χ3n) is 3.98. The highest BCUT2D eigenvalue weighted by Crippen LogP contribution is 2.48. The van der Waals surface area contributed by atoms with Gasteiger partial charge in [-0.15, -0.1) is 0 Å². The largest absolute Gasteiger partial charge is 0.369 e. The molecule has 1 saturated carbocycles. The van der Waals surface area contributed by atoms with E-state index in [1.165, 1.54) is 0 Å². The van der Waals surface area contributed by atoms with Crippen LogP contribution in [-0.2, 0) is 9.53 Å². The Morgan fingerprint density at radius 3 is 2.33 bits per heavy atom. The maximum absolute atomic E-state index is 11.8. The molecule has 0 radical (unpaired) electrons. The van der Waals surface area contributed by atoms with Crippen molar-refractivity contribution >= 4 is 5.78 Å². The van der Waals surface area contributed by atoms with Crippen LogP contribution in [0.5, 0.6) is 0 Å². The Labute approximate surface area is 92.4 Å². The molecule has 0 N–H and O–H groups in total. The summed E-state index contributed by atoms with van der Waals surface area (Å²) >= 11 is 0. The van der Waals surface area contributed by atoms with Crippen molar-refractivity contribution in [2.24, 2.45) is 11.8 Å². The summed E-state index contributed by atoms with van der Waals surface area (Å²) in [5.41, 5.74) is -0.189. The van der Waals surface area contributed by atoms with Gasteiger partial charge in [0.15, 0.2) is 0 Å². The van der Waals surface area contributed by atoms with Crippen molar-refractivity contribution < 1.29 is 9.53 Å². The third kappa shape index (κ3) is 1.96. The first kappa shape index (κ1) is 11.1. The fraction of sp³-hybridized carbons (Fsp3) is 0.923. The zero-order chi connectivity index (χ0) is 11.3. The highest BCUT2D eigenvalue weighted by molar-refractivity contribution is 5.83. The van der Waals surface area contributed by atoms with Crippen LogP contribution in [0.3, 0.4) is 0 Å². The average Bonchev–Trinajstić information content (AvgIpc) is 2.52. The van der Waals surface area contributed by atoms with Gasteiger partial charge in [-0.3, -0.25) is 4.79 Å². The highest BCUT2D eigenvalue weighted by Gasteiger charge is 2.51. The molecule has 0 amide bonds. The van der Waals surface area contributed by atoms with Crippen LogP contribution in [0.15, 0.2) is 0 Å². The summed E-state index contributed by atoms with van der Waals surface area (Å²) in [5.74, 6) is 1.15. The molecule has 2 aliphatic rings. The number of ether oxygens (including phenoxy) is 1. The lowest BCUT2D eigenvalue weighted by molar-refractivity contribution is -0.125. The van der Waals surface area contributed by atoms with Crippen LogP contribution in [0.2, 0.25) is 0 Å². The predicted octanol–water partition coefficient (Wildman–Crippen LogP) is 2.95. The van der Waals surface area contributed by atoms with Crippen molar-refractivity contribution in [3.05, 3.63) is 0 Å². The van der Waals surface area contributed by atoms with Crippen LogP contribution >= 0.6 is 0 Å². The molecule has 2 fully saturated rings. The SMILES string of the molecule is CC1(C)CC(C2CCCC2=O)C(C)(C)O1. The van der Waals surface area contributed by atoms with Gasteiger partial charge in [0.1, 0.15) is 5.78 Å². The van der Waals surface area contributed by atoms with Crippen LogP contribution < -0.4 is 0 Å². The molecule has 1 heterocycles. The molecule has 0 aromatic rings. The van der Waals surface area contributed by atoms with Gasteiger partial charge in [0.25, 0.3) is 0 Å². The van der Waals surface area contributed by atoms with Crippen molar-refractivity contribution in [3.8, 4) is 0 Å². The number of carbonyl (C=O) groups is 1. The molecule has 0 bridgehead atoms. The zero-order valence-corrected chi connectivity index (χ0v) is 10.3. The van der Waals surface area contributed by atoms with E-state index in [-0.39, 0.29) is 17.1 Å². The Balaban J connectivity index is 2.18. The van der Waals surface area contributed by atoms with Gasteiger partial charge < -0.3 is 4.74 Å². The predicted molar refractivity (Wildman–Crippen MR) is 59.7 cm³/mol. The van der Waals surface area contributed by atoms with Crippen molar-refractivity contribution in [2.75, 3.05) is 0 Å². The Morgan fingerprint density at radius 2 is 1.93 bits per heavy atom. The van der Waals surface area contributed by atoms with Crippen molar-refractivity contribution in [3.63, 3.8) is 0 Å². The molecule has 2 rings (SSSR count). The van der Waals surface area contributed by atoms with E-state index in [2.05, 4.69) is 27.7 Å². The van der Waals surface area contributed by atoms with E-state index in [1.807, 2.05) is 0 Å². The first-order valence-electron chi connectivity index (χ1n) is 6.05. The molecule has 0 aromatic heterocycles. The van der Waals surface area contributed by atoms with Gasteiger partial charge in [0, 0.05) is 12.3 Å². The molecule has 15 heavy (non-hydrogen) atoms. The van der Waals surface area contributed by atoms with Crippen LogP contribution in [0.4, 0.5) is 0 Å². The molecule has 1 saturated heterocycles. The molecular formula is C13H22O2. The Bertz CT molecular complexity index is 278. The van der Waals surface area contributed by atoms with Gasteiger partial charge in [0.2, 0.25) is 0 Å². The minimum Gasteiger partial charge on any atom is -0.369 e. The van der Waals surface area contributed by atoms with Gasteiger partial charge in [-0.25, -0.2) is 0 Å². The normalized spacial score (nSPS) is 38.5. The van der Waals surface area contributed by atoms with Crippen LogP contribution in [0, 0.1) is 11.8 Å². The second kappa shape index (κ2) is 3.31. The van der Waals surface area contributed by atoms with Crippen molar-refractivity contribution in [1.29, 1.82) is 0 Å². The molecule has 2 unspecified atom stereocenters. The van der Waals surface area contributed by atoms with E-state index < -0.39 is 0 Å². The smallest absolute Gasteiger partial charge is 0.136 e. The molecule has 2 heteroatoms. The fourth-order valence-corrected chi connectivity index (χ4v) is 3.50. The lowest BCUT2D eigenvalue weighted by atomic mass is 9.76. The fourth-order valence-electron chi connectivity index (χ4n) is 3.50. The highest BCUT2D eigenvalue weighted by atomic mass is 16.5. The number of hydrogen-bond donors (Lipinski definition) is 0. The van der Waals surface area contributed by atoms with Crippen LogP contribution in [0.25, 0.3) is 0 Å².